The molecule has 0 radical (unpaired) electrons. The summed E-state index contributed by atoms with van der Waals surface area (Å²) in [7, 11) is 0. The predicted molar refractivity (Wildman–Crippen MR) is 111 cm³/mol. The molecule has 2 aromatic carbocycles. The molecule has 1 amide bonds. The lowest BCUT2D eigenvalue weighted by molar-refractivity contribution is -0.131. The van der Waals surface area contributed by atoms with Crippen LogP contribution in [0.4, 0.5) is 0 Å². The lowest BCUT2D eigenvalue weighted by atomic mass is 10.1. The molecule has 148 valence electrons. The van der Waals surface area contributed by atoms with Gasteiger partial charge in [0.15, 0.2) is 11.5 Å². The highest BCUT2D eigenvalue weighted by molar-refractivity contribution is 5.79. The number of benzene rings is 2. The van der Waals surface area contributed by atoms with E-state index >= 15 is 0 Å². The third-order valence-corrected chi connectivity index (χ3v) is 4.98. The molecule has 4 rings (SSSR count). The van der Waals surface area contributed by atoms with Crippen molar-refractivity contribution in [3.63, 3.8) is 0 Å². The molecule has 5 heteroatoms. The zero-order valence-electron chi connectivity index (χ0n) is 16.3. The summed E-state index contributed by atoms with van der Waals surface area (Å²) in [6.45, 7) is 1.50. The van der Waals surface area contributed by atoms with Crippen LogP contribution in [0.1, 0.15) is 23.1 Å². The fourth-order valence-corrected chi connectivity index (χ4v) is 3.46. The van der Waals surface area contributed by atoms with Gasteiger partial charge in [-0.15, -0.1) is 0 Å². The molecule has 1 aliphatic heterocycles. The smallest absolute Gasteiger partial charge is 0.231 e. The van der Waals surface area contributed by atoms with Crippen molar-refractivity contribution in [2.45, 2.75) is 25.8 Å². The second-order valence-electron chi connectivity index (χ2n) is 7.13. The number of nitrogens with zero attached hydrogens (tertiary/aromatic N) is 2. The number of pyridine rings is 1. The molecule has 0 N–H and O–H groups in total. The Hall–Kier alpha value is -3.34. The third-order valence-electron chi connectivity index (χ3n) is 4.98. The van der Waals surface area contributed by atoms with Crippen LogP contribution < -0.4 is 9.47 Å². The highest BCUT2D eigenvalue weighted by atomic mass is 16.7. The van der Waals surface area contributed by atoms with E-state index in [1.807, 2.05) is 59.6 Å². The van der Waals surface area contributed by atoms with E-state index in [0.717, 1.165) is 29.7 Å². The molecule has 1 aliphatic rings. The number of rotatable bonds is 8. The minimum Gasteiger partial charge on any atom is -0.454 e. The van der Waals surface area contributed by atoms with Crippen LogP contribution in [0.15, 0.2) is 73.1 Å². The topological polar surface area (TPSA) is 51.7 Å². The fourth-order valence-electron chi connectivity index (χ4n) is 3.46. The van der Waals surface area contributed by atoms with Gasteiger partial charge in [0, 0.05) is 25.5 Å². The van der Waals surface area contributed by atoms with Crippen LogP contribution in [0.5, 0.6) is 11.5 Å². The number of aromatic nitrogens is 1. The van der Waals surface area contributed by atoms with Crippen LogP contribution in [0, 0.1) is 0 Å². The first-order valence-corrected chi connectivity index (χ1v) is 9.87. The van der Waals surface area contributed by atoms with Crippen LogP contribution in [-0.4, -0.2) is 29.1 Å². The van der Waals surface area contributed by atoms with Crippen molar-refractivity contribution in [3.05, 3.63) is 89.7 Å². The lowest BCUT2D eigenvalue weighted by Crippen LogP contribution is -2.33. The third kappa shape index (κ3) is 5.13. The monoisotopic (exact) mass is 388 g/mol. The lowest BCUT2D eigenvalue weighted by Gasteiger charge is -2.23. The van der Waals surface area contributed by atoms with Gasteiger partial charge >= 0.3 is 0 Å². The Bertz CT molecular complexity index is 945. The first kappa shape index (κ1) is 19.0. The van der Waals surface area contributed by atoms with E-state index in [-0.39, 0.29) is 12.7 Å². The van der Waals surface area contributed by atoms with Crippen molar-refractivity contribution < 1.29 is 14.3 Å². The Balaban J connectivity index is 1.42. The Kier molecular flexibility index (Phi) is 6.05. The van der Waals surface area contributed by atoms with E-state index < -0.39 is 0 Å². The van der Waals surface area contributed by atoms with E-state index in [4.69, 9.17) is 9.47 Å². The summed E-state index contributed by atoms with van der Waals surface area (Å²) >= 11 is 0. The van der Waals surface area contributed by atoms with Gasteiger partial charge in [-0.05, 0) is 47.7 Å². The molecule has 1 aromatic heterocycles. The first-order valence-electron chi connectivity index (χ1n) is 9.87. The van der Waals surface area contributed by atoms with Crippen molar-refractivity contribution in [2.24, 2.45) is 0 Å². The highest BCUT2D eigenvalue weighted by Gasteiger charge is 2.18. The Morgan fingerprint density at radius 3 is 2.59 bits per heavy atom. The van der Waals surface area contributed by atoms with Gasteiger partial charge in [0.25, 0.3) is 0 Å². The van der Waals surface area contributed by atoms with E-state index in [9.17, 15) is 4.79 Å². The summed E-state index contributed by atoms with van der Waals surface area (Å²) in [6.07, 6.45) is 5.76. The van der Waals surface area contributed by atoms with E-state index in [1.165, 1.54) is 5.56 Å². The molecule has 0 bridgehead atoms. The number of carbonyl (C=O) groups excluding carboxylic acids is 1. The molecule has 0 unspecified atom stereocenters. The maximum atomic E-state index is 13.1. The van der Waals surface area contributed by atoms with Gasteiger partial charge < -0.3 is 14.4 Å². The molecule has 0 saturated carbocycles. The number of ether oxygens (including phenoxy) is 2. The Morgan fingerprint density at radius 2 is 1.76 bits per heavy atom. The first-order chi connectivity index (χ1) is 14.3. The normalized spacial score (nSPS) is 12.0. The molecular weight excluding hydrogens is 364 g/mol. The second-order valence-corrected chi connectivity index (χ2v) is 7.13. The molecular formula is C24H24N2O3. The molecule has 3 aromatic rings. The summed E-state index contributed by atoms with van der Waals surface area (Å²) in [4.78, 5) is 19.2. The summed E-state index contributed by atoms with van der Waals surface area (Å²) in [6, 6.07) is 20.0. The van der Waals surface area contributed by atoms with Gasteiger partial charge in [-0.1, -0.05) is 42.5 Å². The average molecular weight is 388 g/mol. The van der Waals surface area contributed by atoms with Gasteiger partial charge in [-0.3, -0.25) is 9.78 Å². The zero-order valence-corrected chi connectivity index (χ0v) is 16.3. The van der Waals surface area contributed by atoms with Crippen molar-refractivity contribution >= 4 is 5.91 Å². The molecule has 0 saturated heterocycles. The number of hydrogen-bond acceptors (Lipinski definition) is 4. The summed E-state index contributed by atoms with van der Waals surface area (Å²) in [5.41, 5.74) is 3.25. The highest BCUT2D eigenvalue weighted by Crippen LogP contribution is 2.32. The van der Waals surface area contributed by atoms with Crippen molar-refractivity contribution in [1.82, 2.24) is 9.88 Å². The van der Waals surface area contributed by atoms with Gasteiger partial charge in [-0.2, -0.15) is 0 Å². The zero-order chi connectivity index (χ0) is 19.9. The Labute approximate surface area is 170 Å². The van der Waals surface area contributed by atoms with Gasteiger partial charge in [0.05, 0.1) is 6.42 Å². The second kappa shape index (κ2) is 9.24. The molecule has 0 fully saturated rings. The molecule has 0 atom stereocenters. The number of hydrogen-bond donors (Lipinski definition) is 0. The van der Waals surface area contributed by atoms with Crippen molar-refractivity contribution in [2.75, 3.05) is 13.3 Å². The Morgan fingerprint density at radius 1 is 0.931 bits per heavy atom. The summed E-state index contributed by atoms with van der Waals surface area (Å²) in [5, 5.41) is 0. The number of aryl methyl sites for hydroxylation is 1. The molecule has 5 nitrogen and oxygen atoms in total. The van der Waals surface area contributed by atoms with Crippen LogP contribution in [0.3, 0.4) is 0 Å². The quantitative estimate of drug-likeness (QED) is 0.585. The number of fused-ring (bicyclic) bond motifs is 1. The SMILES string of the molecule is O=C(Cc1ccc2c(c1)OCO2)N(CCCc1ccccc1)Cc1cccnc1. The maximum Gasteiger partial charge on any atom is 0.231 e. The maximum absolute atomic E-state index is 13.1. The fraction of sp³-hybridized carbons (Fsp3) is 0.250. The van der Waals surface area contributed by atoms with Gasteiger partial charge in [0.2, 0.25) is 12.7 Å². The van der Waals surface area contributed by atoms with Gasteiger partial charge in [-0.25, -0.2) is 0 Å². The summed E-state index contributed by atoms with van der Waals surface area (Å²) in [5.74, 6) is 1.54. The average Bonchev–Trinajstić information content (AvgIpc) is 3.22. The van der Waals surface area contributed by atoms with Crippen LogP contribution >= 0.6 is 0 Å². The van der Waals surface area contributed by atoms with Crippen molar-refractivity contribution in [3.8, 4) is 11.5 Å². The van der Waals surface area contributed by atoms with Crippen LogP contribution in [0.2, 0.25) is 0 Å². The van der Waals surface area contributed by atoms with Crippen LogP contribution in [0.25, 0.3) is 0 Å². The van der Waals surface area contributed by atoms with E-state index in [2.05, 4.69) is 17.1 Å². The number of carbonyl (C=O) groups is 1. The van der Waals surface area contributed by atoms with Gasteiger partial charge in [0.1, 0.15) is 0 Å². The summed E-state index contributed by atoms with van der Waals surface area (Å²) < 4.78 is 10.8. The predicted octanol–water partition coefficient (Wildman–Crippen LogP) is 4.01. The molecule has 0 spiro atoms. The number of amides is 1. The standard InChI is InChI=1S/C24H24N2O3/c27-24(15-20-10-11-22-23(14-20)29-18-28-22)26(17-21-8-4-12-25-16-21)13-5-9-19-6-2-1-3-7-19/h1-4,6-8,10-12,14,16H,5,9,13,15,17-18H2. The van der Waals surface area contributed by atoms with E-state index in [0.29, 0.717) is 25.3 Å². The molecule has 29 heavy (non-hydrogen) atoms. The molecule has 0 aliphatic carbocycles. The van der Waals surface area contributed by atoms with Crippen LogP contribution in [-0.2, 0) is 24.2 Å². The van der Waals surface area contributed by atoms with Crippen molar-refractivity contribution in [1.29, 1.82) is 0 Å². The van der Waals surface area contributed by atoms with E-state index in [1.54, 1.807) is 6.20 Å². The minimum atomic E-state index is 0.0979. The molecule has 2 heterocycles. The largest absolute Gasteiger partial charge is 0.454 e. The minimum absolute atomic E-state index is 0.0979.